The fourth-order valence-corrected chi connectivity index (χ4v) is 3.14. The fraction of sp³-hybridized carbons (Fsp3) is 0.167. The van der Waals surface area contributed by atoms with Gasteiger partial charge in [0.25, 0.3) is 9.05 Å². The lowest BCUT2D eigenvalue weighted by Gasteiger charge is -2.07. The average molecular weight is 330 g/mol. The molecule has 0 saturated carbocycles. The van der Waals surface area contributed by atoms with Gasteiger partial charge >= 0.3 is 0 Å². The van der Waals surface area contributed by atoms with Gasteiger partial charge in [-0.25, -0.2) is 13.1 Å². The maximum atomic E-state index is 11.7. The molecule has 5 nitrogen and oxygen atoms in total. The number of aromatic nitrogens is 2. The Bertz CT molecular complexity index is 835. The van der Waals surface area contributed by atoms with Crippen LogP contribution in [0.3, 0.4) is 0 Å². The molecule has 0 spiro atoms. The predicted molar refractivity (Wildman–Crippen MR) is 75.8 cm³/mol. The Morgan fingerprint density at radius 2 is 2.00 bits per heavy atom. The minimum Gasteiger partial charge on any atom is -0.219 e. The normalized spacial score (nSPS) is 11.3. The van der Waals surface area contributed by atoms with Crippen molar-refractivity contribution in [3.05, 3.63) is 40.0 Å². The van der Waals surface area contributed by atoms with Crippen molar-refractivity contribution >= 4 is 31.3 Å². The molecule has 0 aliphatic rings. The third-order valence-corrected chi connectivity index (χ3v) is 4.45. The maximum Gasteiger partial charge on any atom is 0.280 e. The maximum absolute atomic E-state index is 11.7. The van der Waals surface area contributed by atoms with E-state index in [0.29, 0.717) is 10.7 Å². The van der Waals surface area contributed by atoms with E-state index in [-0.39, 0.29) is 16.3 Å². The highest BCUT2D eigenvalue weighted by Crippen LogP contribution is 2.27. The van der Waals surface area contributed by atoms with Crippen LogP contribution in [0.2, 0.25) is 5.02 Å². The molecule has 0 amide bonds. The van der Waals surface area contributed by atoms with Gasteiger partial charge in [-0.2, -0.15) is 10.4 Å². The highest BCUT2D eigenvalue weighted by molar-refractivity contribution is 8.13. The van der Waals surface area contributed by atoms with Crippen molar-refractivity contribution < 1.29 is 8.42 Å². The number of hydrogen-bond acceptors (Lipinski definition) is 4. The topological polar surface area (TPSA) is 75.8 Å². The summed E-state index contributed by atoms with van der Waals surface area (Å²) in [6.45, 7) is 3.36. The first-order chi connectivity index (χ1) is 9.25. The van der Waals surface area contributed by atoms with Gasteiger partial charge in [0.1, 0.15) is 11.6 Å². The van der Waals surface area contributed by atoms with E-state index in [4.69, 9.17) is 27.5 Å². The van der Waals surface area contributed by atoms with Gasteiger partial charge < -0.3 is 0 Å². The van der Waals surface area contributed by atoms with Crippen LogP contribution in [0, 0.1) is 25.2 Å². The Morgan fingerprint density at radius 1 is 1.35 bits per heavy atom. The summed E-state index contributed by atoms with van der Waals surface area (Å²) >= 11 is 6.02. The summed E-state index contributed by atoms with van der Waals surface area (Å²) in [5, 5.41) is 13.2. The number of halogens is 2. The van der Waals surface area contributed by atoms with E-state index in [0.717, 1.165) is 10.2 Å². The Kier molecular flexibility index (Phi) is 3.78. The lowest BCUT2D eigenvalue weighted by atomic mass is 10.2. The first-order valence-electron chi connectivity index (χ1n) is 5.46. The number of rotatable bonds is 2. The third-order valence-electron chi connectivity index (χ3n) is 2.76. The molecule has 8 heteroatoms. The summed E-state index contributed by atoms with van der Waals surface area (Å²) in [7, 11) is 1.29. The molecule has 0 fully saturated rings. The molecule has 1 aromatic carbocycles. The summed E-state index contributed by atoms with van der Waals surface area (Å²) in [4.78, 5) is 0. The molecule has 2 aromatic rings. The van der Waals surface area contributed by atoms with E-state index in [1.54, 1.807) is 24.3 Å². The van der Waals surface area contributed by atoms with Crippen molar-refractivity contribution in [2.24, 2.45) is 0 Å². The number of nitriles is 1. The molecule has 0 radical (unpaired) electrons. The Labute approximate surface area is 125 Å². The zero-order valence-electron chi connectivity index (χ0n) is 10.6. The van der Waals surface area contributed by atoms with Crippen LogP contribution in [0.4, 0.5) is 0 Å². The Hall–Kier alpha value is -1.55. The molecule has 0 unspecified atom stereocenters. The minimum atomic E-state index is -4.12. The van der Waals surface area contributed by atoms with Gasteiger partial charge in [0.05, 0.1) is 11.4 Å². The first-order valence-corrected chi connectivity index (χ1v) is 8.15. The molecule has 2 rings (SSSR count). The third kappa shape index (κ3) is 2.52. The lowest BCUT2D eigenvalue weighted by molar-refractivity contribution is 0.599. The minimum absolute atomic E-state index is 0.0725. The number of nitrogens with zero attached hydrogens (tertiary/aromatic N) is 3. The van der Waals surface area contributed by atoms with Crippen LogP contribution in [0.15, 0.2) is 23.2 Å². The summed E-state index contributed by atoms with van der Waals surface area (Å²) in [5.74, 6) is 0. The molecular weight excluding hydrogens is 321 g/mol. The smallest absolute Gasteiger partial charge is 0.219 e. The predicted octanol–water partition coefficient (Wildman–Crippen LogP) is 2.94. The second-order valence-electron chi connectivity index (χ2n) is 4.16. The van der Waals surface area contributed by atoms with E-state index in [2.05, 4.69) is 5.10 Å². The Morgan fingerprint density at radius 3 is 2.50 bits per heavy atom. The molecule has 0 aliphatic carbocycles. The largest absolute Gasteiger partial charge is 0.280 e. The van der Waals surface area contributed by atoms with Gasteiger partial charge in [0.2, 0.25) is 0 Å². The van der Waals surface area contributed by atoms with Crippen molar-refractivity contribution in [3.8, 4) is 11.8 Å². The highest BCUT2D eigenvalue weighted by atomic mass is 35.7. The zero-order valence-corrected chi connectivity index (χ0v) is 12.9. The van der Waals surface area contributed by atoms with Crippen LogP contribution < -0.4 is 0 Å². The zero-order chi connectivity index (χ0) is 15.1. The summed E-state index contributed by atoms with van der Waals surface area (Å²) in [6.07, 6.45) is 0. The van der Waals surface area contributed by atoms with Gasteiger partial charge in [0, 0.05) is 15.7 Å². The standard InChI is InChI=1S/C12H9Cl2N3O2S/c1-7-3-4-9(5-11(7)13)17-12(20(14,18)19)10(6-15)8(2)16-17/h3-5H,1-2H3. The lowest BCUT2D eigenvalue weighted by Crippen LogP contribution is -2.06. The van der Waals surface area contributed by atoms with Crippen LogP contribution in [0.25, 0.3) is 5.69 Å². The van der Waals surface area contributed by atoms with Crippen LogP contribution in [0.1, 0.15) is 16.8 Å². The van der Waals surface area contributed by atoms with Crippen molar-refractivity contribution in [2.75, 3.05) is 0 Å². The summed E-state index contributed by atoms with van der Waals surface area (Å²) in [6, 6.07) is 6.75. The van der Waals surface area contributed by atoms with Crippen molar-refractivity contribution in [1.29, 1.82) is 5.26 Å². The fourth-order valence-electron chi connectivity index (χ4n) is 1.75. The van der Waals surface area contributed by atoms with Gasteiger partial charge in [-0.15, -0.1) is 0 Å². The molecule has 20 heavy (non-hydrogen) atoms. The molecule has 0 atom stereocenters. The van der Waals surface area contributed by atoms with Gasteiger partial charge in [-0.05, 0) is 31.5 Å². The molecule has 0 N–H and O–H groups in total. The Balaban J connectivity index is 2.82. The molecule has 1 aromatic heterocycles. The number of benzene rings is 1. The van der Waals surface area contributed by atoms with Crippen molar-refractivity contribution in [1.82, 2.24) is 9.78 Å². The van der Waals surface area contributed by atoms with Crippen LogP contribution in [-0.2, 0) is 9.05 Å². The van der Waals surface area contributed by atoms with E-state index >= 15 is 0 Å². The molecule has 0 aliphatic heterocycles. The quantitative estimate of drug-likeness (QED) is 0.794. The molecule has 0 saturated heterocycles. The molecule has 104 valence electrons. The van der Waals surface area contributed by atoms with E-state index < -0.39 is 9.05 Å². The highest BCUT2D eigenvalue weighted by Gasteiger charge is 2.26. The van der Waals surface area contributed by atoms with Gasteiger partial charge in [-0.1, -0.05) is 17.7 Å². The molecule has 0 bridgehead atoms. The van der Waals surface area contributed by atoms with Crippen LogP contribution >= 0.6 is 22.3 Å². The van der Waals surface area contributed by atoms with Crippen LogP contribution in [-0.4, -0.2) is 18.2 Å². The number of hydrogen-bond donors (Lipinski definition) is 0. The van der Waals surface area contributed by atoms with E-state index in [9.17, 15) is 8.42 Å². The second kappa shape index (κ2) is 5.09. The van der Waals surface area contributed by atoms with Gasteiger partial charge in [-0.3, -0.25) is 0 Å². The second-order valence-corrected chi connectivity index (χ2v) is 7.05. The van der Waals surface area contributed by atoms with Crippen molar-refractivity contribution in [2.45, 2.75) is 18.9 Å². The number of aryl methyl sites for hydroxylation is 2. The SMILES string of the molecule is Cc1ccc(-n2nc(C)c(C#N)c2S(=O)(=O)Cl)cc1Cl. The molecule has 1 heterocycles. The summed E-state index contributed by atoms with van der Waals surface area (Å²) in [5.41, 5.74) is 1.47. The van der Waals surface area contributed by atoms with E-state index in [1.807, 2.05) is 6.92 Å². The van der Waals surface area contributed by atoms with Crippen molar-refractivity contribution in [3.63, 3.8) is 0 Å². The van der Waals surface area contributed by atoms with Crippen LogP contribution in [0.5, 0.6) is 0 Å². The first kappa shape index (κ1) is 14.9. The molecular formula is C12H9Cl2N3O2S. The summed E-state index contributed by atoms with van der Waals surface area (Å²) < 4.78 is 24.5. The van der Waals surface area contributed by atoms with Gasteiger partial charge in [0.15, 0.2) is 5.03 Å². The average Bonchev–Trinajstić information content (AvgIpc) is 2.69. The monoisotopic (exact) mass is 329 g/mol. The van der Waals surface area contributed by atoms with E-state index in [1.165, 1.54) is 6.92 Å².